The van der Waals surface area contributed by atoms with Crippen molar-refractivity contribution in [3.63, 3.8) is 0 Å². The molecule has 4 aromatic rings. The third kappa shape index (κ3) is 6.74. The Kier molecular flexibility index (Phi) is 9.28. The second-order valence-electron chi connectivity index (χ2n) is 8.84. The highest BCUT2D eigenvalue weighted by atomic mass is 19.2. The minimum atomic E-state index is -2.37. The molecular formula is C29H22F5N5O4. The number of methoxy groups -OCH3 is 2. The average Bonchev–Trinajstić information content (AvgIpc) is 3.03. The second kappa shape index (κ2) is 13.1. The van der Waals surface area contributed by atoms with Gasteiger partial charge in [0.1, 0.15) is 22.9 Å². The predicted octanol–water partition coefficient (Wildman–Crippen LogP) is 8.52. The zero-order chi connectivity index (χ0) is 31.3. The zero-order valence-corrected chi connectivity index (χ0v) is 23.0. The Labute approximate surface area is 241 Å². The van der Waals surface area contributed by atoms with E-state index in [0.717, 1.165) is 17.8 Å². The van der Waals surface area contributed by atoms with E-state index in [4.69, 9.17) is 9.47 Å². The molecule has 0 aliphatic rings. The van der Waals surface area contributed by atoms with Crippen molar-refractivity contribution in [1.82, 2.24) is 0 Å². The van der Waals surface area contributed by atoms with Crippen molar-refractivity contribution in [2.75, 3.05) is 33.2 Å². The molecule has 0 aliphatic heterocycles. The van der Waals surface area contributed by atoms with Gasteiger partial charge in [-0.3, -0.25) is 0 Å². The number of esters is 1. The second-order valence-corrected chi connectivity index (χ2v) is 8.84. The van der Waals surface area contributed by atoms with Crippen LogP contribution in [0, 0.1) is 29.1 Å². The van der Waals surface area contributed by atoms with Crippen LogP contribution in [0.3, 0.4) is 0 Å². The van der Waals surface area contributed by atoms with Gasteiger partial charge in [0.2, 0.25) is 34.8 Å². The van der Waals surface area contributed by atoms with Crippen molar-refractivity contribution in [1.29, 1.82) is 0 Å². The van der Waals surface area contributed by atoms with Crippen molar-refractivity contribution in [3.8, 4) is 17.2 Å². The van der Waals surface area contributed by atoms with Gasteiger partial charge in [0.25, 0.3) is 0 Å². The number of hydrogen-bond acceptors (Lipinski definition) is 9. The SMILES string of the molecule is COc1cc(/N=N/c2ccc(N(C)C)cc2)c(OC)cc1N=Nc1ccc(C(=O)Oc2c(F)c(F)c(F)c(F)c2F)cc1. The van der Waals surface area contributed by atoms with Crippen LogP contribution in [0.4, 0.5) is 50.4 Å². The molecule has 0 radical (unpaired) electrons. The van der Waals surface area contributed by atoms with Crippen LogP contribution in [0.15, 0.2) is 81.1 Å². The van der Waals surface area contributed by atoms with Gasteiger partial charge in [0.05, 0.1) is 31.2 Å². The Morgan fingerprint density at radius 2 is 1.05 bits per heavy atom. The molecule has 0 heterocycles. The monoisotopic (exact) mass is 599 g/mol. The van der Waals surface area contributed by atoms with Crippen LogP contribution in [-0.2, 0) is 0 Å². The molecule has 14 heteroatoms. The number of carbonyl (C=O) groups is 1. The molecule has 0 bridgehead atoms. The summed E-state index contributed by atoms with van der Waals surface area (Å²) in [6, 6.07) is 15.5. The fourth-order valence-electron chi connectivity index (χ4n) is 3.55. The van der Waals surface area contributed by atoms with Gasteiger partial charge < -0.3 is 19.1 Å². The lowest BCUT2D eigenvalue weighted by Gasteiger charge is -2.11. The molecule has 0 spiro atoms. The summed E-state index contributed by atoms with van der Waals surface area (Å²) in [4.78, 5) is 14.2. The molecule has 0 aromatic heterocycles. The minimum absolute atomic E-state index is 0.235. The first kappa shape index (κ1) is 30.6. The van der Waals surface area contributed by atoms with Gasteiger partial charge in [-0.15, -0.1) is 10.2 Å². The number of halogens is 5. The van der Waals surface area contributed by atoms with Gasteiger partial charge >= 0.3 is 5.97 Å². The normalized spacial score (nSPS) is 11.3. The molecule has 0 atom stereocenters. The van der Waals surface area contributed by atoms with Crippen LogP contribution in [0.25, 0.3) is 0 Å². The summed E-state index contributed by atoms with van der Waals surface area (Å²) in [6.45, 7) is 0. The Balaban J connectivity index is 1.51. The third-order valence-corrected chi connectivity index (χ3v) is 5.86. The van der Waals surface area contributed by atoms with E-state index in [1.54, 1.807) is 6.07 Å². The van der Waals surface area contributed by atoms with Crippen LogP contribution in [0.1, 0.15) is 10.4 Å². The molecule has 4 aromatic carbocycles. The van der Waals surface area contributed by atoms with Gasteiger partial charge in [-0.05, 0) is 48.5 Å². The molecule has 0 aliphatic carbocycles. The number of benzene rings is 4. The number of hydrogen-bond donors (Lipinski definition) is 0. The van der Waals surface area contributed by atoms with Gasteiger partial charge in [-0.1, -0.05) is 0 Å². The maximum Gasteiger partial charge on any atom is 0.343 e. The number of nitrogens with zero attached hydrogens (tertiary/aromatic N) is 5. The maximum absolute atomic E-state index is 13.8. The summed E-state index contributed by atoms with van der Waals surface area (Å²) >= 11 is 0. The van der Waals surface area contributed by atoms with Gasteiger partial charge in [0.15, 0.2) is 0 Å². The fourth-order valence-corrected chi connectivity index (χ4v) is 3.55. The molecule has 0 fully saturated rings. The van der Waals surface area contributed by atoms with E-state index in [-0.39, 0.29) is 16.9 Å². The molecule has 222 valence electrons. The molecule has 0 unspecified atom stereocenters. The first-order chi connectivity index (χ1) is 20.5. The first-order valence-electron chi connectivity index (χ1n) is 12.2. The van der Waals surface area contributed by atoms with Crippen LogP contribution >= 0.6 is 0 Å². The smallest absolute Gasteiger partial charge is 0.343 e. The highest BCUT2D eigenvalue weighted by Gasteiger charge is 2.29. The number of azo groups is 2. The molecule has 43 heavy (non-hydrogen) atoms. The van der Waals surface area contributed by atoms with Crippen molar-refractivity contribution in [2.45, 2.75) is 0 Å². The van der Waals surface area contributed by atoms with Crippen LogP contribution < -0.4 is 19.1 Å². The van der Waals surface area contributed by atoms with Crippen molar-refractivity contribution >= 4 is 34.4 Å². The molecular weight excluding hydrogens is 577 g/mol. The highest BCUT2D eigenvalue weighted by Crippen LogP contribution is 2.41. The van der Waals surface area contributed by atoms with E-state index in [2.05, 4.69) is 25.2 Å². The van der Waals surface area contributed by atoms with E-state index >= 15 is 0 Å². The summed E-state index contributed by atoms with van der Waals surface area (Å²) in [7, 11) is 6.72. The molecule has 4 rings (SSSR count). The van der Waals surface area contributed by atoms with E-state index in [1.165, 1.54) is 32.4 Å². The van der Waals surface area contributed by atoms with Gasteiger partial charge in [-0.25, -0.2) is 18.0 Å². The molecule has 0 saturated carbocycles. The largest absolute Gasteiger partial charge is 0.494 e. The molecule has 0 N–H and O–H groups in total. The average molecular weight is 600 g/mol. The first-order valence-corrected chi connectivity index (χ1v) is 12.2. The standard InChI is InChI=1S/C29H22F5N5O4/c1-39(2)18-11-9-17(10-12-18)36-38-20-14-21(41-3)19(13-22(20)42-4)37-35-16-7-5-15(6-8-16)29(40)43-28-26(33)24(31)23(30)25(32)27(28)34/h5-14H,1-4H3/b37-35?,38-36+. The lowest BCUT2D eigenvalue weighted by atomic mass is 10.2. The maximum atomic E-state index is 13.8. The summed E-state index contributed by atoms with van der Waals surface area (Å²) < 4.78 is 83.0. The number of rotatable bonds is 9. The molecule has 9 nitrogen and oxygen atoms in total. The number of anilines is 1. The van der Waals surface area contributed by atoms with Crippen LogP contribution in [0.2, 0.25) is 0 Å². The predicted molar refractivity (Wildman–Crippen MR) is 146 cm³/mol. The summed E-state index contributed by atoms with van der Waals surface area (Å²) in [6.07, 6.45) is 0. The van der Waals surface area contributed by atoms with Crippen LogP contribution in [-0.4, -0.2) is 34.3 Å². The topological polar surface area (TPSA) is 97.4 Å². The van der Waals surface area contributed by atoms with Gasteiger partial charge in [0, 0.05) is 31.9 Å². The Morgan fingerprint density at radius 1 is 0.628 bits per heavy atom. The summed E-state index contributed by atoms with van der Waals surface area (Å²) in [5.74, 6) is -13.8. The van der Waals surface area contributed by atoms with E-state index in [9.17, 15) is 26.7 Å². The van der Waals surface area contributed by atoms with Crippen molar-refractivity contribution < 1.29 is 41.0 Å². The van der Waals surface area contributed by atoms with Crippen molar-refractivity contribution in [3.05, 3.63) is 95.3 Å². The summed E-state index contributed by atoms with van der Waals surface area (Å²) in [5, 5.41) is 16.7. The Bertz CT molecular complexity index is 1680. The zero-order valence-electron chi connectivity index (χ0n) is 23.0. The Hall–Kier alpha value is -5.40. The van der Waals surface area contributed by atoms with E-state index in [1.807, 2.05) is 43.3 Å². The highest BCUT2D eigenvalue weighted by molar-refractivity contribution is 5.91. The quantitative estimate of drug-likeness (QED) is 0.0480. The molecule has 0 saturated heterocycles. The molecule has 0 amide bonds. The van der Waals surface area contributed by atoms with Crippen LogP contribution in [0.5, 0.6) is 17.2 Å². The lowest BCUT2D eigenvalue weighted by molar-refractivity contribution is 0.0716. The number of ether oxygens (including phenoxy) is 3. The lowest BCUT2D eigenvalue weighted by Crippen LogP contribution is -2.13. The fraction of sp³-hybridized carbons (Fsp3) is 0.138. The Morgan fingerprint density at radius 3 is 1.47 bits per heavy atom. The van der Waals surface area contributed by atoms with E-state index in [0.29, 0.717) is 22.9 Å². The van der Waals surface area contributed by atoms with Gasteiger partial charge in [-0.2, -0.15) is 19.0 Å². The van der Waals surface area contributed by atoms with Crippen molar-refractivity contribution in [2.24, 2.45) is 20.5 Å². The minimum Gasteiger partial charge on any atom is -0.494 e. The number of carbonyl (C=O) groups excluding carboxylic acids is 1. The van der Waals surface area contributed by atoms with E-state index < -0.39 is 40.8 Å². The third-order valence-electron chi connectivity index (χ3n) is 5.86. The summed E-state index contributed by atoms with van der Waals surface area (Å²) in [5.41, 5.74) is 2.24.